The summed E-state index contributed by atoms with van der Waals surface area (Å²) in [7, 11) is 0. The van der Waals surface area contributed by atoms with Crippen molar-refractivity contribution in [3.05, 3.63) is 23.9 Å². The van der Waals surface area contributed by atoms with E-state index in [1.54, 1.807) is 6.92 Å². The number of nitrogens with zero attached hydrogens (tertiary/aromatic N) is 1. The predicted molar refractivity (Wildman–Crippen MR) is 56.4 cm³/mol. The number of aromatic nitrogens is 1. The second-order valence-corrected chi connectivity index (χ2v) is 3.20. The first-order chi connectivity index (χ1) is 7.95. The van der Waals surface area contributed by atoms with Crippen molar-refractivity contribution in [1.29, 1.82) is 0 Å². The fourth-order valence-corrected chi connectivity index (χ4v) is 1.20. The molecule has 0 unspecified atom stereocenters. The van der Waals surface area contributed by atoms with E-state index in [9.17, 15) is 18.0 Å². The lowest BCUT2D eigenvalue weighted by atomic mass is 10.2. The van der Waals surface area contributed by atoms with Crippen molar-refractivity contribution in [2.24, 2.45) is 0 Å². The summed E-state index contributed by atoms with van der Waals surface area (Å²) in [6.07, 6.45) is -3.26. The Morgan fingerprint density at radius 1 is 1.47 bits per heavy atom. The highest BCUT2D eigenvalue weighted by Gasteiger charge is 2.34. The van der Waals surface area contributed by atoms with Gasteiger partial charge in [0, 0.05) is 12.7 Å². The average Bonchev–Trinajstić information content (AvgIpc) is 2.26. The van der Waals surface area contributed by atoms with Crippen LogP contribution in [0.4, 0.5) is 19.0 Å². The number of carbonyl (C=O) groups excluding carboxylic acids is 1. The molecule has 1 heterocycles. The Labute approximate surface area is 96.2 Å². The van der Waals surface area contributed by atoms with Gasteiger partial charge in [0.05, 0.1) is 12.1 Å². The summed E-state index contributed by atoms with van der Waals surface area (Å²) >= 11 is 0. The van der Waals surface area contributed by atoms with Crippen molar-refractivity contribution >= 4 is 11.7 Å². The van der Waals surface area contributed by atoms with Crippen LogP contribution in [0.5, 0.6) is 0 Å². The van der Waals surface area contributed by atoms with Gasteiger partial charge in [0.2, 0.25) is 5.91 Å². The fraction of sp³-hybridized carbons (Fsp3) is 0.400. The van der Waals surface area contributed by atoms with Gasteiger partial charge >= 0.3 is 6.18 Å². The molecular formula is C10H12F3N3O. The summed E-state index contributed by atoms with van der Waals surface area (Å²) in [5.41, 5.74) is -0.885. The minimum atomic E-state index is -4.49. The number of nitrogens with one attached hydrogen (secondary N) is 2. The smallest absolute Gasteiger partial charge is 0.361 e. The monoisotopic (exact) mass is 247 g/mol. The second-order valence-electron chi connectivity index (χ2n) is 3.20. The van der Waals surface area contributed by atoms with Crippen molar-refractivity contribution in [2.75, 3.05) is 18.4 Å². The van der Waals surface area contributed by atoms with Crippen molar-refractivity contribution in [3.8, 4) is 0 Å². The Balaban J connectivity index is 2.74. The molecule has 1 rings (SSSR count). The van der Waals surface area contributed by atoms with Crippen LogP contribution in [0.25, 0.3) is 0 Å². The summed E-state index contributed by atoms with van der Waals surface area (Å²) < 4.78 is 37.6. The molecule has 0 radical (unpaired) electrons. The first-order valence-corrected chi connectivity index (χ1v) is 4.98. The van der Waals surface area contributed by atoms with E-state index in [1.165, 1.54) is 12.3 Å². The zero-order valence-corrected chi connectivity index (χ0v) is 9.14. The SMILES string of the molecule is CCNC(=O)CNc1ncccc1C(F)(F)F. The van der Waals surface area contributed by atoms with E-state index in [0.717, 1.165) is 6.07 Å². The van der Waals surface area contributed by atoms with Crippen molar-refractivity contribution in [2.45, 2.75) is 13.1 Å². The number of pyridine rings is 1. The van der Waals surface area contributed by atoms with Crippen LogP contribution in [0, 0.1) is 0 Å². The van der Waals surface area contributed by atoms with E-state index in [4.69, 9.17) is 0 Å². The molecule has 4 nitrogen and oxygen atoms in total. The molecular weight excluding hydrogens is 235 g/mol. The standard InChI is InChI=1S/C10H12F3N3O/c1-2-14-8(17)6-16-9-7(10(11,12)13)4-3-5-15-9/h3-5H,2,6H2,1H3,(H,14,17)(H,15,16). The number of anilines is 1. The van der Waals surface area contributed by atoms with Crippen LogP contribution < -0.4 is 10.6 Å². The van der Waals surface area contributed by atoms with Gasteiger partial charge in [-0.1, -0.05) is 0 Å². The zero-order chi connectivity index (χ0) is 12.9. The maximum absolute atomic E-state index is 12.5. The number of amides is 1. The van der Waals surface area contributed by atoms with Crippen LogP contribution in [-0.4, -0.2) is 24.0 Å². The van der Waals surface area contributed by atoms with Gasteiger partial charge < -0.3 is 10.6 Å². The lowest BCUT2D eigenvalue weighted by Crippen LogP contribution is -2.30. The molecule has 0 atom stereocenters. The molecule has 0 aromatic carbocycles. The molecule has 17 heavy (non-hydrogen) atoms. The molecule has 0 fully saturated rings. The molecule has 0 saturated carbocycles. The van der Waals surface area contributed by atoms with Gasteiger partial charge in [-0.25, -0.2) is 4.98 Å². The van der Waals surface area contributed by atoms with E-state index in [1.807, 2.05) is 0 Å². The molecule has 0 aliphatic heterocycles. The summed E-state index contributed by atoms with van der Waals surface area (Å²) in [4.78, 5) is 14.7. The third-order valence-corrected chi connectivity index (χ3v) is 1.90. The van der Waals surface area contributed by atoms with Crippen LogP contribution in [0.2, 0.25) is 0 Å². The third kappa shape index (κ3) is 3.93. The van der Waals surface area contributed by atoms with Gasteiger partial charge in [-0.3, -0.25) is 4.79 Å². The van der Waals surface area contributed by atoms with Crippen molar-refractivity contribution in [3.63, 3.8) is 0 Å². The lowest BCUT2D eigenvalue weighted by Gasteiger charge is -2.12. The number of hydrogen-bond acceptors (Lipinski definition) is 3. The lowest BCUT2D eigenvalue weighted by molar-refractivity contribution is -0.137. The molecule has 7 heteroatoms. The highest BCUT2D eigenvalue weighted by molar-refractivity contribution is 5.80. The first kappa shape index (κ1) is 13.3. The van der Waals surface area contributed by atoms with Gasteiger partial charge in [-0.15, -0.1) is 0 Å². The van der Waals surface area contributed by atoms with Crippen LogP contribution >= 0.6 is 0 Å². The van der Waals surface area contributed by atoms with Crippen LogP contribution in [0.15, 0.2) is 18.3 Å². The summed E-state index contributed by atoms with van der Waals surface area (Å²) in [5.74, 6) is -0.725. The van der Waals surface area contributed by atoms with Crippen LogP contribution in [0.3, 0.4) is 0 Å². The van der Waals surface area contributed by atoms with E-state index in [2.05, 4.69) is 15.6 Å². The Morgan fingerprint density at radius 3 is 2.76 bits per heavy atom. The average molecular weight is 247 g/mol. The largest absolute Gasteiger partial charge is 0.419 e. The molecule has 1 aromatic rings. The van der Waals surface area contributed by atoms with Gasteiger partial charge in [0.25, 0.3) is 0 Å². The molecule has 0 spiro atoms. The zero-order valence-electron chi connectivity index (χ0n) is 9.14. The van der Waals surface area contributed by atoms with Crippen molar-refractivity contribution < 1.29 is 18.0 Å². The number of rotatable bonds is 4. The van der Waals surface area contributed by atoms with E-state index in [-0.39, 0.29) is 18.3 Å². The quantitative estimate of drug-likeness (QED) is 0.850. The van der Waals surface area contributed by atoms with E-state index >= 15 is 0 Å². The molecule has 0 saturated heterocycles. The first-order valence-electron chi connectivity index (χ1n) is 4.98. The summed E-state index contributed by atoms with van der Waals surface area (Å²) in [5, 5.41) is 4.82. The summed E-state index contributed by atoms with van der Waals surface area (Å²) in [6, 6.07) is 2.10. The van der Waals surface area contributed by atoms with Gasteiger partial charge in [-0.05, 0) is 19.1 Å². The van der Waals surface area contributed by atoms with Crippen molar-refractivity contribution in [1.82, 2.24) is 10.3 Å². The predicted octanol–water partition coefficient (Wildman–Crippen LogP) is 1.65. The number of likely N-dealkylation sites (N-methyl/N-ethyl adjacent to an activating group) is 1. The summed E-state index contributed by atoms with van der Waals surface area (Å²) in [6.45, 7) is 1.91. The highest BCUT2D eigenvalue weighted by atomic mass is 19.4. The molecule has 1 aromatic heterocycles. The molecule has 0 aliphatic carbocycles. The van der Waals surface area contributed by atoms with E-state index < -0.39 is 11.7 Å². The molecule has 94 valence electrons. The van der Waals surface area contributed by atoms with Crippen LogP contribution in [0.1, 0.15) is 12.5 Å². The molecule has 2 N–H and O–H groups in total. The third-order valence-electron chi connectivity index (χ3n) is 1.90. The number of carbonyl (C=O) groups is 1. The Kier molecular flexibility index (Phi) is 4.30. The Hall–Kier alpha value is -1.79. The van der Waals surface area contributed by atoms with E-state index in [0.29, 0.717) is 6.54 Å². The maximum atomic E-state index is 12.5. The number of alkyl halides is 3. The van der Waals surface area contributed by atoms with Crippen LogP contribution in [-0.2, 0) is 11.0 Å². The van der Waals surface area contributed by atoms with Gasteiger partial charge in [0.15, 0.2) is 0 Å². The Bertz CT molecular complexity index is 393. The normalized spacial score (nSPS) is 11.1. The number of halogens is 3. The maximum Gasteiger partial charge on any atom is 0.419 e. The van der Waals surface area contributed by atoms with Gasteiger partial charge in [0.1, 0.15) is 5.82 Å². The Morgan fingerprint density at radius 2 is 2.18 bits per heavy atom. The molecule has 0 aliphatic rings. The fourth-order valence-electron chi connectivity index (χ4n) is 1.20. The number of hydrogen-bond donors (Lipinski definition) is 2. The highest BCUT2D eigenvalue weighted by Crippen LogP contribution is 2.33. The topological polar surface area (TPSA) is 54.0 Å². The minimum Gasteiger partial charge on any atom is -0.361 e. The minimum absolute atomic E-state index is 0.242. The molecule has 0 bridgehead atoms. The second kappa shape index (κ2) is 5.51. The van der Waals surface area contributed by atoms with Gasteiger partial charge in [-0.2, -0.15) is 13.2 Å². The molecule has 1 amide bonds.